The highest BCUT2D eigenvalue weighted by Crippen LogP contribution is 2.28. The number of aromatic nitrogens is 2. The van der Waals surface area contributed by atoms with E-state index in [0.717, 1.165) is 6.33 Å². The maximum absolute atomic E-state index is 11.3. The van der Waals surface area contributed by atoms with E-state index in [9.17, 15) is 18.5 Å². The van der Waals surface area contributed by atoms with E-state index >= 15 is 0 Å². The molecule has 0 aliphatic carbocycles. The fraction of sp³-hybridized carbons (Fsp3) is 0.556. The van der Waals surface area contributed by atoms with Gasteiger partial charge >= 0.3 is 5.69 Å². The summed E-state index contributed by atoms with van der Waals surface area (Å²) in [5, 5.41) is 13.8. The number of rotatable bonds is 5. The summed E-state index contributed by atoms with van der Waals surface area (Å²) in [5.74, 6) is 5.23. The molecule has 1 atom stereocenters. The topological polar surface area (TPSA) is 153 Å². The molecule has 1 fully saturated rings. The van der Waals surface area contributed by atoms with Crippen LogP contribution in [0.1, 0.15) is 6.42 Å². The molecule has 1 aromatic rings. The van der Waals surface area contributed by atoms with Gasteiger partial charge in [0.05, 0.1) is 16.4 Å². The summed E-state index contributed by atoms with van der Waals surface area (Å²) >= 11 is 0. The number of nitrogen functional groups attached to an aromatic ring is 1. The summed E-state index contributed by atoms with van der Waals surface area (Å²) < 4.78 is 22.7. The lowest BCUT2D eigenvalue weighted by molar-refractivity contribution is -0.383. The molecule has 0 bridgehead atoms. The van der Waals surface area contributed by atoms with E-state index in [2.05, 4.69) is 20.7 Å². The summed E-state index contributed by atoms with van der Waals surface area (Å²) in [5.41, 5.74) is 1.76. The van der Waals surface area contributed by atoms with E-state index in [1.165, 1.54) is 0 Å². The minimum absolute atomic E-state index is 0.0160. The SMILES string of the molecule is NNc1ncnc(NCC2CCS(=O)(=O)C2)c1[N+](=O)[O-]. The second kappa shape index (κ2) is 5.54. The minimum Gasteiger partial charge on any atom is -0.364 e. The van der Waals surface area contributed by atoms with Gasteiger partial charge in [0.2, 0.25) is 11.6 Å². The number of nitrogens with zero attached hydrogens (tertiary/aromatic N) is 3. The standard InChI is InChI=1S/C9H14N6O4S/c10-14-9-7(15(16)17)8(12-5-13-9)11-3-6-1-2-20(18,19)4-6/h5-6H,1-4,10H2,(H2,11,12,13,14). The normalized spacial score (nSPS) is 20.6. The van der Waals surface area contributed by atoms with E-state index in [1.807, 2.05) is 0 Å². The zero-order valence-corrected chi connectivity index (χ0v) is 11.3. The Hall–Kier alpha value is -2.01. The lowest BCUT2D eigenvalue weighted by Crippen LogP contribution is -2.18. The quantitative estimate of drug-likeness (QED) is 0.371. The molecule has 110 valence electrons. The van der Waals surface area contributed by atoms with Crippen LogP contribution in [0.4, 0.5) is 17.3 Å². The number of sulfone groups is 1. The Morgan fingerprint density at radius 2 is 2.15 bits per heavy atom. The zero-order valence-electron chi connectivity index (χ0n) is 10.4. The molecule has 0 spiro atoms. The summed E-state index contributed by atoms with van der Waals surface area (Å²) in [4.78, 5) is 17.8. The minimum atomic E-state index is -2.98. The molecule has 1 aliphatic heterocycles. The van der Waals surface area contributed by atoms with Crippen molar-refractivity contribution in [1.29, 1.82) is 0 Å². The highest BCUT2D eigenvalue weighted by Gasteiger charge is 2.29. The number of anilines is 2. The highest BCUT2D eigenvalue weighted by molar-refractivity contribution is 7.91. The van der Waals surface area contributed by atoms with Crippen molar-refractivity contribution in [2.75, 3.05) is 28.8 Å². The van der Waals surface area contributed by atoms with E-state index in [0.29, 0.717) is 13.0 Å². The summed E-state index contributed by atoms with van der Waals surface area (Å²) in [7, 11) is -2.98. The van der Waals surface area contributed by atoms with Gasteiger partial charge in [0.25, 0.3) is 0 Å². The molecule has 1 aromatic heterocycles. The van der Waals surface area contributed by atoms with Gasteiger partial charge in [-0.05, 0) is 12.3 Å². The Morgan fingerprint density at radius 1 is 1.45 bits per heavy atom. The van der Waals surface area contributed by atoms with Gasteiger partial charge in [0.15, 0.2) is 9.84 Å². The van der Waals surface area contributed by atoms with E-state index in [1.54, 1.807) is 0 Å². The summed E-state index contributed by atoms with van der Waals surface area (Å²) in [6, 6.07) is 0. The Bertz CT molecular complexity index is 619. The predicted molar refractivity (Wildman–Crippen MR) is 71.7 cm³/mol. The second-order valence-corrected chi connectivity index (χ2v) is 6.70. The van der Waals surface area contributed by atoms with Crippen LogP contribution in [0, 0.1) is 16.0 Å². The van der Waals surface area contributed by atoms with Gasteiger partial charge < -0.3 is 10.7 Å². The average Bonchev–Trinajstić information content (AvgIpc) is 2.75. The number of hydrazine groups is 1. The monoisotopic (exact) mass is 302 g/mol. The summed E-state index contributed by atoms with van der Waals surface area (Å²) in [6.45, 7) is 0.293. The van der Waals surface area contributed by atoms with Crippen molar-refractivity contribution in [3.05, 3.63) is 16.4 Å². The van der Waals surface area contributed by atoms with Crippen LogP contribution in [-0.2, 0) is 9.84 Å². The van der Waals surface area contributed by atoms with Gasteiger partial charge in [-0.1, -0.05) is 0 Å². The van der Waals surface area contributed by atoms with Crippen LogP contribution in [0.2, 0.25) is 0 Å². The predicted octanol–water partition coefficient (Wildman–Crippen LogP) is -0.483. The van der Waals surface area contributed by atoms with Crippen molar-refractivity contribution in [2.45, 2.75) is 6.42 Å². The number of nitrogens with two attached hydrogens (primary N) is 1. The van der Waals surface area contributed by atoms with Gasteiger partial charge in [-0.15, -0.1) is 0 Å². The smallest absolute Gasteiger partial charge is 0.354 e. The number of hydrogen-bond donors (Lipinski definition) is 3. The molecule has 0 saturated carbocycles. The van der Waals surface area contributed by atoms with E-state index < -0.39 is 14.8 Å². The maximum Gasteiger partial charge on any atom is 0.354 e. The third-order valence-electron chi connectivity index (χ3n) is 3.03. The molecule has 2 heterocycles. The molecule has 0 amide bonds. The van der Waals surface area contributed by atoms with Crippen molar-refractivity contribution in [3.63, 3.8) is 0 Å². The third kappa shape index (κ3) is 3.11. The third-order valence-corrected chi connectivity index (χ3v) is 4.86. The first-order chi connectivity index (χ1) is 9.43. The first-order valence-corrected chi connectivity index (χ1v) is 7.65. The van der Waals surface area contributed by atoms with E-state index in [-0.39, 0.29) is 34.7 Å². The van der Waals surface area contributed by atoms with Crippen molar-refractivity contribution >= 4 is 27.2 Å². The molecular formula is C9H14N6O4S. The van der Waals surface area contributed by atoms with Crippen molar-refractivity contribution in [3.8, 4) is 0 Å². The van der Waals surface area contributed by atoms with Crippen molar-refractivity contribution in [2.24, 2.45) is 11.8 Å². The van der Waals surface area contributed by atoms with Crippen molar-refractivity contribution < 1.29 is 13.3 Å². The number of nitro groups is 1. The summed E-state index contributed by atoms with van der Waals surface area (Å²) in [6.07, 6.45) is 1.67. The molecule has 4 N–H and O–H groups in total. The fourth-order valence-corrected chi connectivity index (χ4v) is 3.92. The largest absolute Gasteiger partial charge is 0.364 e. The van der Waals surface area contributed by atoms with Crippen LogP contribution in [0.3, 0.4) is 0 Å². The van der Waals surface area contributed by atoms with Crippen LogP contribution in [0.15, 0.2) is 6.33 Å². The lowest BCUT2D eigenvalue weighted by Gasteiger charge is -2.11. The number of nitrogens with one attached hydrogen (secondary N) is 2. The van der Waals surface area contributed by atoms with Crippen molar-refractivity contribution in [1.82, 2.24) is 9.97 Å². The molecule has 20 heavy (non-hydrogen) atoms. The Morgan fingerprint density at radius 3 is 2.70 bits per heavy atom. The van der Waals surface area contributed by atoms with Crippen LogP contribution in [-0.4, -0.2) is 41.4 Å². The molecular weight excluding hydrogens is 288 g/mol. The molecule has 0 aromatic carbocycles. The molecule has 1 saturated heterocycles. The van der Waals surface area contributed by atoms with Crippen LogP contribution in [0.5, 0.6) is 0 Å². The average molecular weight is 302 g/mol. The van der Waals surface area contributed by atoms with Gasteiger partial charge in [-0.2, -0.15) is 0 Å². The highest BCUT2D eigenvalue weighted by atomic mass is 32.2. The van der Waals surface area contributed by atoms with Gasteiger partial charge in [-0.3, -0.25) is 10.1 Å². The Kier molecular flexibility index (Phi) is 3.99. The molecule has 10 nitrogen and oxygen atoms in total. The molecule has 1 aliphatic rings. The Labute approximate surface area is 114 Å². The first kappa shape index (κ1) is 14.4. The first-order valence-electron chi connectivity index (χ1n) is 5.83. The fourth-order valence-electron chi connectivity index (χ4n) is 2.06. The lowest BCUT2D eigenvalue weighted by atomic mass is 10.1. The van der Waals surface area contributed by atoms with Crippen LogP contribution in [0.25, 0.3) is 0 Å². The maximum atomic E-state index is 11.3. The molecule has 1 unspecified atom stereocenters. The van der Waals surface area contributed by atoms with E-state index in [4.69, 9.17) is 5.84 Å². The van der Waals surface area contributed by atoms with Crippen LogP contribution < -0.4 is 16.6 Å². The Balaban J connectivity index is 2.12. The zero-order chi connectivity index (χ0) is 14.8. The molecule has 0 radical (unpaired) electrons. The van der Waals surface area contributed by atoms with Crippen LogP contribution >= 0.6 is 0 Å². The number of hydrogen-bond acceptors (Lipinski definition) is 9. The van der Waals surface area contributed by atoms with Gasteiger partial charge in [-0.25, -0.2) is 24.2 Å². The molecule has 11 heteroatoms. The molecule has 2 rings (SSSR count). The van der Waals surface area contributed by atoms with Gasteiger partial charge in [0.1, 0.15) is 6.33 Å². The second-order valence-electron chi connectivity index (χ2n) is 4.47. The van der Waals surface area contributed by atoms with Gasteiger partial charge in [0, 0.05) is 6.54 Å².